The van der Waals surface area contributed by atoms with Gasteiger partial charge in [0.1, 0.15) is 0 Å². The van der Waals surface area contributed by atoms with Crippen molar-refractivity contribution >= 4 is 22.6 Å². The fourth-order valence-corrected chi connectivity index (χ4v) is 2.52. The van der Waals surface area contributed by atoms with Crippen molar-refractivity contribution in [1.29, 1.82) is 0 Å². The summed E-state index contributed by atoms with van der Waals surface area (Å²) >= 11 is 1.63. The van der Waals surface area contributed by atoms with Gasteiger partial charge in [-0.15, -0.1) is 0 Å². The van der Waals surface area contributed by atoms with E-state index in [0.29, 0.717) is 0 Å². The molecule has 1 aliphatic rings. The third-order valence-electron chi connectivity index (χ3n) is 2.96. The van der Waals surface area contributed by atoms with Crippen molar-refractivity contribution in [3.05, 3.63) is 39.9 Å². The van der Waals surface area contributed by atoms with Gasteiger partial charge in [0.2, 0.25) is 0 Å². The van der Waals surface area contributed by atoms with Gasteiger partial charge in [0.25, 0.3) is 5.69 Å². The Kier molecular flexibility index (Phi) is 4.75. The van der Waals surface area contributed by atoms with Crippen molar-refractivity contribution in [2.75, 3.05) is 19.9 Å². The molecule has 1 heterocycles. The topological polar surface area (TPSA) is 72.0 Å². The maximum atomic E-state index is 10.5. The van der Waals surface area contributed by atoms with E-state index in [9.17, 15) is 10.1 Å². The van der Waals surface area contributed by atoms with Gasteiger partial charge in [0.15, 0.2) is 18.5 Å². The number of thioether (sulfide) groups is 1. The largest absolute Gasteiger partial charge is 0.318 e. The average Bonchev–Trinajstić information content (AvgIpc) is 2.46. The summed E-state index contributed by atoms with van der Waals surface area (Å²) in [5.74, 6) is 0.769. The maximum absolute atomic E-state index is 10.5. The van der Waals surface area contributed by atoms with Crippen LogP contribution in [0.5, 0.6) is 0 Å². The molecule has 7 heteroatoms. The smallest absolute Gasteiger partial charge is 0.269 e. The predicted molar refractivity (Wildman–Crippen MR) is 76.2 cm³/mol. The molecule has 0 fully saturated rings. The molecule has 0 spiro atoms. The van der Waals surface area contributed by atoms with Crippen molar-refractivity contribution in [3.8, 4) is 0 Å². The monoisotopic (exact) mass is 281 g/mol. The van der Waals surface area contributed by atoms with Crippen LogP contribution in [-0.4, -0.2) is 30.0 Å². The molecular formula is C12H17N4O2S+. The first-order chi connectivity index (χ1) is 9.19. The highest BCUT2D eigenvalue weighted by Gasteiger charge is 2.13. The molecule has 102 valence electrons. The molecule has 0 aliphatic carbocycles. The van der Waals surface area contributed by atoms with Gasteiger partial charge in [-0.05, 0) is 12.5 Å². The van der Waals surface area contributed by atoms with Gasteiger partial charge in [0.05, 0.1) is 11.5 Å². The van der Waals surface area contributed by atoms with Crippen LogP contribution in [0.3, 0.4) is 0 Å². The summed E-state index contributed by atoms with van der Waals surface area (Å²) in [5, 5.41) is 14.8. The van der Waals surface area contributed by atoms with E-state index in [2.05, 4.69) is 17.2 Å². The molecular weight excluding hydrogens is 264 g/mol. The van der Waals surface area contributed by atoms with Crippen molar-refractivity contribution < 1.29 is 9.82 Å². The van der Waals surface area contributed by atoms with Crippen LogP contribution >= 0.6 is 11.8 Å². The van der Waals surface area contributed by atoms with Crippen LogP contribution in [0.4, 0.5) is 5.69 Å². The lowest BCUT2D eigenvalue weighted by molar-refractivity contribution is -0.900. The Balaban J connectivity index is 1.85. The number of rotatable bonds is 4. The van der Waals surface area contributed by atoms with Crippen molar-refractivity contribution in [3.63, 3.8) is 0 Å². The van der Waals surface area contributed by atoms with Crippen molar-refractivity contribution in [1.82, 2.24) is 5.32 Å². The lowest BCUT2D eigenvalue weighted by Gasteiger charge is -2.22. The molecule has 6 nitrogen and oxygen atoms in total. The Morgan fingerprint density at radius 3 is 2.74 bits per heavy atom. The van der Waals surface area contributed by atoms with Gasteiger partial charge >= 0.3 is 0 Å². The van der Waals surface area contributed by atoms with Crippen LogP contribution in [0.1, 0.15) is 12.5 Å². The lowest BCUT2D eigenvalue weighted by atomic mass is 10.2. The Hall–Kier alpha value is -1.60. The molecule has 2 rings (SSSR count). The minimum absolute atomic E-state index is 0.129. The molecule has 0 aromatic heterocycles. The molecule has 1 aromatic rings. The summed E-state index contributed by atoms with van der Waals surface area (Å²) in [6.07, 6.45) is 0. The maximum Gasteiger partial charge on any atom is 0.269 e. The molecule has 0 bridgehead atoms. The molecule has 2 N–H and O–H groups in total. The highest BCUT2D eigenvalue weighted by atomic mass is 32.2. The van der Waals surface area contributed by atoms with E-state index in [1.54, 1.807) is 23.9 Å². The van der Waals surface area contributed by atoms with Gasteiger partial charge in [-0.2, -0.15) is 0 Å². The molecule has 0 amide bonds. The fraction of sp³-hybridized carbons (Fsp3) is 0.417. The molecule has 1 atom stereocenters. The number of hydrogen-bond donors (Lipinski definition) is 2. The molecule has 1 aliphatic heterocycles. The predicted octanol–water partition coefficient (Wildman–Crippen LogP) is 0.607. The van der Waals surface area contributed by atoms with E-state index in [0.717, 1.165) is 36.4 Å². The minimum atomic E-state index is -0.383. The third kappa shape index (κ3) is 3.93. The van der Waals surface area contributed by atoms with E-state index in [1.165, 1.54) is 17.0 Å². The number of nitro benzene ring substituents is 1. The lowest BCUT2D eigenvalue weighted by Crippen LogP contribution is -3.14. The zero-order chi connectivity index (χ0) is 13.7. The minimum Gasteiger partial charge on any atom is -0.318 e. The summed E-state index contributed by atoms with van der Waals surface area (Å²) < 4.78 is 0. The number of hydrogen-bond acceptors (Lipinski definition) is 5. The summed E-state index contributed by atoms with van der Waals surface area (Å²) in [5.41, 5.74) is 1.19. The number of non-ortho nitro benzene ring substituents is 1. The quantitative estimate of drug-likeness (QED) is 0.626. The highest BCUT2D eigenvalue weighted by Crippen LogP contribution is 2.17. The van der Waals surface area contributed by atoms with Gasteiger partial charge in [-0.3, -0.25) is 15.0 Å². The number of quaternary nitrogens is 1. The summed E-state index contributed by atoms with van der Waals surface area (Å²) in [7, 11) is 0. The fourth-order valence-electron chi connectivity index (χ4n) is 1.70. The first kappa shape index (κ1) is 13.8. The van der Waals surface area contributed by atoms with Gasteiger partial charge in [-0.1, -0.05) is 23.9 Å². The molecule has 1 unspecified atom stereocenters. The van der Waals surface area contributed by atoms with Crippen LogP contribution in [-0.2, 0) is 5.75 Å². The summed E-state index contributed by atoms with van der Waals surface area (Å²) in [6, 6.07) is 6.65. The standard InChI is InChI=1S/C12H16N4O2S/c1-2-15-8-13-12(14-9-15)19-7-10-3-5-11(6-4-10)16(17)18/h3-6H,2,7-9H2,1H3,(H,13,14)/p+1. The summed E-state index contributed by atoms with van der Waals surface area (Å²) in [4.78, 5) is 16.0. The Labute approximate surface area is 116 Å². The Morgan fingerprint density at radius 2 is 2.21 bits per heavy atom. The van der Waals surface area contributed by atoms with Gasteiger partial charge < -0.3 is 5.32 Å². The molecule has 19 heavy (non-hydrogen) atoms. The van der Waals surface area contributed by atoms with E-state index < -0.39 is 0 Å². The number of amidine groups is 1. The van der Waals surface area contributed by atoms with Crippen molar-refractivity contribution in [2.45, 2.75) is 12.7 Å². The number of nitrogens with one attached hydrogen (secondary N) is 2. The van der Waals surface area contributed by atoms with Crippen LogP contribution in [0, 0.1) is 10.1 Å². The van der Waals surface area contributed by atoms with E-state index in [-0.39, 0.29) is 10.6 Å². The number of aliphatic imine (C=N–C) groups is 1. The Morgan fingerprint density at radius 1 is 1.47 bits per heavy atom. The Bertz CT molecular complexity index is 475. The van der Waals surface area contributed by atoms with Crippen LogP contribution < -0.4 is 10.2 Å². The van der Waals surface area contributed by atoms with Crippen LogP contribution in [0.15, 0.2) is 29.3 Å². The van der Waals surface area contributed by atoms with E-state index >= 15 is 0 Å². The molecule has 1 aromatic carbocycles. The first-order valence-corrected chi connectivity index (χ1v) is 7.15. The highest BCUT2D eigenvalue weighted by molar-refractivity contribution is 8.13. The zero-order valence-electron chi connectivity index (χ0n) is 10.8. The van der Waals surface area contributed by atoms with Gasteiger partial charge in [-0.25, -0.2) is 4.99 Å². The summed E-state index contributed by atoms with van der Waals surface area (Å²) in [6.45, 7) is 4.92. The van der Waals surface area contributed by atoms with E-state index in [1.807, 2.05) is 0 Å². The average molecular weight is 281 g/mol. The second-order valence-electron chi connectivity index (χ2n) is 4.29. The normalized spacial score (nSPS) is 18.6. The van der Waals surface area contributed by atoms with Crippen LogP contribution in [0.2, 0.25) is 0 Å². The second-order valence-corrected chi connectivity index (χ2v) is 5.25. The third-order valence-corrected chi connectivity index (χ3v) is 3.98. The molecule has 0 saturated heterocycles. The van der Waals surface area contributed by atoms with Gasteiger partial charge in [0, 0.05) is 17.9 Å². The zero-order valence-corrected chi connectivity index (χ0v) is 11.6. The number of nitro groups is 1. The second kappa shape index (κ2) is 6.53. The number of benzene rings is 1. The van der Waals surface area contributed by atoms with Crippen LogP contribution in [0.25, 0.3) is 0 Å². The van der Waals surface area contributed by atoms with Crippen molar-refractivity contribution in [2.24, 2.45) is 4.99 Å². The van der Waals surface area contributed by atoms with E-state index in [4.69, 9.17) is 0 Å². The molecule has 0 saturated carbocycles. The first-order valence-electron chi connectivity index (χ1n) is 6.17. The molecule has 0 radical (unpaired) electrons. The number of nitrogens with zero attached hydrogens (tertiary/aromatic N) is 2. The SMILES string of the molecule is CC[NH+]1CN=C(SCc2ccc([N+](=O)[O-])cc2)NC1.